The summed E-state index contributed by atoms with van der Waals surface area (Å²) in [6.07, 6.45) is 1.90. The van der Waals surface area contributed by atoms with E-state index in [9.17, 15) is 0 Å². The molecule has 7 heavy (non-hydrogen) atoms. The maximum absolute atomic E-state index is 3.98. The molecular formula is C6H12N. The lowest BCUT2D eigenvalue weighted by Crippen LogP contribution is -1.90. The number of aliphatic imine (C=N–C) groups is 1. The van der Waals surface area contributed by atoms with Crippen molar-refractivity contribution >= 4 is 5.71 Å². The highest BCUT2D eigenvalue weighted by Crippen LogP contribution is 1.87. The largest absolute Gasteiger partial charge is 0.297 e. The van der Waals surface area contributed by atoms with E-state index >= 15 is 0 Å². The maximum Gasteiger partial charge on any atom is 0.0276 e. The molecule has 0 aromatic rings. The molecule has 0 N–H and O–H groups in total. The molecule has 0 atom stereocenters. The average molecular weight is 98.2 g/mol. The highest BCUT2D eigenvalue weighted by atomic mass is 14.7. The van der Waals surface area contributed by atoms with Crippen molar-refractivity contribution in [2.75, 3.05) is 7.05 Å². The summed E-state index contributed by atoms with van der Waals surface area (Å²) in [5, 5.41) is 0. The molecule has 0 aliphatic heterocycles. The van der Waals surface area contributed by atoms with E-state index < -0.39 is 0 Å². The van der Waals surface area contributed by atoms with Gasteiger partial charge in [-0.15, -0.1) is 0 Å². The minimum atomic E-state index is 0.854. The summed E-state index contributed by atoms with van der Waals surface area (Å²) < 4.78 is 0. The van der Waals surface area contributed by atoms with Crippen LogP contribution in [0.1, 0.15) is 19.8 Å². The Balaban J connectivity index is 3.38. The number of rotatable bonds is 2. The summed E-state index contributed by atoms with van der Waals surface area (Å²) >= 11 is 0. The van der Waals surface area contributed by atoms with Gasteiger partial charge in [-0.1, -0.05) is 6.92 Å². The Morgan fingerprint density at radius 2 is 2.29 bits per heavy atom. The molecule has 0 rings (SSSR count). The minimum absolute atomic E-state index is 0.854. The molecule has 0 bridgehead atoms. The molecule has 0 amide bonds. The molecule has 1 radical (unpaired) electrons. The van der Waals surface area contributed by atoms with Crippen molar-refractivity contribution in [2.24, 2.45) is 4.99 Å². The van der Waals surface area contributed by atoms with Crippen LogP contribution in [-0.4, -0.2) is 12.8 Å². The summed E-state index contributed by atoms with van der Waals surface area (Å²) in [5.74, 6) is 0. The van der Waals surface area contributed by atoms with E-state index in [-0.39, 0.29) is 0 Å². The average Bonchev–Trinajstić information content (AvgIpc) is 1.72. The van der Waals surface area contributed by atoms with Gasteiger partial charge in [0.25, 0.3) is 0 Å². The van der Waals surface area contributed by atoms with Gasteiger partial charge in [0.05, 0.1) is 0 Å². The summed E-state index contributed by atoms with van der Waals surface area (Å²) in [7, 11) is 1.81. The van der Waals surface area contributed by atoms with Gasteiger partial charge in [-0.25, -0.2) is 0 Å². The first-order valence-electron chi connectivity index (χ1n) is 2.59. The molecule has 0 aliphatic rings. The summed E-state index contributed by atoms with van der Waals surface area (Å²) in [4.78, 5) is 3.98. The Labute approximate surface area is 45.5 Å². The molecule has 0 saturated heterocycles. The Kier molecular flexibility index (Phi) is 3.67. The molecule has 0 aromatic heterocycles. The molecule has 0 heterocycles. The van der Waals surface area contributed by atoms with Crippen molar-refractivity contribution in [3.8, 4) is 0 Å². The highest BCUT2D eigenvalue weighted by Gasteiger charge is 1.84. The Bertz CT molecular complexity index is 58.6. The fraction of sp³-hybridized carbons (Fsp3) is 0.667. The van der Waals surface area contributed by atoms with Gasteiger partial charge in [0.2, 0.25) is 0 Å². The van der Waals surface area contributed by atoms with Crippen LogP contribution >= 0.6 is 0 Å². The lowest BCUT2D eigenvalue weighted by atomic mass is 10.2. The van der Waals surface area contributed by atoms with Crippen LogP contribution in [0.3, 0.4) is 0 Å². The molecule has 0 aromatic carbocycles. The second kappa shape index (κ2) is 3.85. The first-order valence-corrected chi connectivity index (χ1v) is 2.59. The molecule has 0 unspecified atom stereocenters. The fourth-order valence-corrected chi connectivity index (χ4v) is 0.447. The van der Waals surface area contributed by atoms with Crippen LogP contribution in [0.2, 0.25) is 0 Å². The smallest absolute Gasteiger partial charge is 0.0276 e. The third-order valence-electron chi connectivity index (χ3n) is 1.01. The zero-order valence-electron chi connectivity index (χ0n) is 5.07. The number of hydrogen-bond acceptors (Lipinski definition) is 1. The molecule has 0 spiro atoms. The molecular weight excluding hydrogens is 86.1 g/mol. The van der Waals surface area contributed by atoms with Crippen LogP contribution in [0.15, 0.2) is 4.99 Å². The summed E-state index contributed by atoms with van der Waals surface area (Å²) in [6, 6.07) is 0. The Hall–Kier alpha value is -0.330. The Morgan fingerprint density at radius 3 is 2.29 bits per heavy atom. The van der Waals surface area contributed by atoms with Gasteiger partial charge >= 0.3 is 0 Å². The van der Waals surface area contributed by atoms with Gasteiger partial charge in [0.15, 0.2) is 0 Å². The van der Waals surface area contributed by atoms with Crippen LogP contribution in [0.4, 0.5) is 0 Å². The van der Waals surface area contributed by atoms with Gasteiger partial charge in [-0.2, -0.15) is 0 Å². The normalized spacial score (nSPS) is 12.1. The third kappa shape index (κ3) is 2.38. The predicted molar refractivity (Wildman–Crippen MR) is 33.6 cm³/mol. The van der Waals surface area contributed by atoms with E-state index in [1.165, 1.54) is 5.71 Å². The van der Waals surface area contributed by atoms with Crippen LogP contribution in [0.25, 0.3) is 0 Å². The second-order valence-electron chi connectivity index (χ2n) is 1.39. The van der Waals surface area contributed by atoms with E-state index in [4.69, 9.17) is 0 Å². The molecule has 0 fully saturated rings. The predicted octanol–water partition coefficient (Wildman–Crippen LogP) is 1.69. The second-order valence-corrected chi connectivity index (χ2v) is 1.39. The summed E-state index contributed by atoms with van der Waals surface area (Å²) in [5.41, 5.74) is 1.19. The van der Waals surface area contributed by atoms with Crippen molar-refractivity contribution in [3.63, 3.8) is 0 Å². The number of hydrogen-bond donors (Lipinski definition) is 0. The molecule has 41 valence electrons. The molecule has 0 aliphatic carbocycles. The minimum Gasteiger partial charge on any atom is -0.297 e. The lowest BCUT2D eigenvalue weighted by molar-refractivity contribution is 1.19. The van der Waals surface area contributed by atoms with Crippen LogP contribution in [0, 0.1) is 6.92 Å². The monoisotopic (exact) mass is 98.1 g/mol. The quantitative estimate of drug-likeness (QED) is 0.466. The van der Waals surface area contributed by atoms with E-state index in [2.05, 4.69) is 18.8 Å². The van der Waals surface area contributed by atoms with Crippen molar-refractivity contribution in [3.05, 3.63) is 6.92 Å². The molecule has 1 nitrogen and oxygen atoms in total. The SMILES string of the molecule is [CH2]CC(CC)=NC. The summed E-state index contributed by atoms with van der Waals surface area (Å²) in [6.45, 7) is 5.79. The van der Waals surface area contributed by atoms with Crippen LogP contribution in [-0.2, 0) is 0 Å². The van der Waals surface area contributed by atoms with Crippen LogP contribution < -0.4 is 0 Å². The topological polar surface area (TPSA) is 12.4 Å². The van der Waals surface area contributed by atoms with Crippen molar-refractivity contribution in [1.29, 1.82) is 0 Å². The van der Waals surface area contributed by atoms with Gasteiger partial charge in [0, 0.05) is 12.8 Å². The highest BCUT2D eigenvalue weighted by molar-refractivity contribution is 5.84. The van der Waals surface area contributed by atoms with Gasteiger partial charge in [0.1, 0.15) is 0 Å². The Morgan fingerprint density at radius 1 is 1.71 bits per heavy atom. The van der Waals surface area contributed by atoms with Crippen molar-refractivity contribution in [2.45, 2.75) is 19.8 Å². The van der Waals surface area contributed by atoms with Gasteiger partial charge in [-0.3, -0.25) is 4.99 Å². The fourth-order valence-electron chi connectivity index (χ4n) is 0.447. The molecule has 0 saturated carbocycles. The first-order chi connectivity index (χ1) is 3.35. The van der Waals surface area contributed by atoms with E-state index in [0.717, 1.165) is 12.8 Å². The molecule has 1 heteroatoms. The van der Waals surface area contributed by atoms with Crippen LogP contribution in [0.5, 0.6) is 0 Å². The van der Waals surface area contributed by atoms with Crippen molar-refractivity contribution in [1.82, 2.24) is 0 Å². The van der Waals surface area contributed by atoms with Crippen molar-refractivity contribution < 1.29 is 0 Å². The number of nitrogens with zero attached hydrogens (tertiary/aromatic N) is 1. The zero-order valence-corrected chi connectivity index (χ0v) is 5.07. The van der Waals surface area contributed by atoms with E-state index in [1.54, 1.807) is 0 Å². The standard InChI is InChI=1S/C6H12N/c1-4-6(5-2)7-3/h1,4-5H2,2-3H3. The zero-order chi connectivity index (χ0) is 5.70. The van der Waals surface area contributed by atoms with Gasteiger partial charge in [-0.05, 0) is 19.8 Å². The van der Waals surface area contributed by atoms with Gasteiger partial charge < -0.3 is 0 Å². The third-order valence-corrected chi connectivity index (χ3v) is 1.01. The first kappa shape index (κ1) is 6.67. The maximum atomic E-state index is 3.98. The van der Waals surface area contributed by atoms with E-state index in [0.29, 0.717) is 0 Å². The van der Waals surface area contributed by atoms with E-state index in [1.807, 2.05) is 7.05 Å². The lowest BCUT2D eigenvalue weighted by Gasteiger charge is -1.91.